The van der Waals surface area contributed by atoms with E-state index >= 15 is 0 Å². The molecule has 0 aliphatic carbocycles. The first-order chi connectivity index (χ1) is 12.4. The largest absolute Gasteiger partial charge is 0.352 e. The highest BCUT2D eigenvalue weighted by Crippen LogP contribution is 2.24. The van der Waals surface area contributed by atoms with Gasteiger partial charge in [0, 0.05) is 38.6 Å². The lowest BCUT2D eigenvalue weighted by Crippen LogP contribution is -2.47. The van der Waals surface area contributed by atoms with Crippen LogP contribution in [0.1, 0.15) is 5.82 Å². The number of nitrogens with zero attached hydrogens (tertiary/aromatic N) is 7. The monoisotopic (exact) mass is 373 g/mol. The maximum absolute atomic E-state index is 12.0. The van der Waals surface area contributed by atoms with Gasteiger partial charge in [0.15, 0.2) is 21.3 Å². The fourth-order valence-corrected chi connectivity index (χ4v) is 3.95. The van der Waals surface area contributed by atoms with Gasteiger partial charge in [0.2, 0.25) is 0 Å². The van der Waals surface area contributed by atoms with Crippen molar-refractivity contribution in [2.24, 2.45) is 0 Å². The maximum Gasteiger partial charge on any atom is 0.179 e. The number of sulfone groups is 1. The average molecular weight is 373 g/mol. The zero-order chi connectivity index (χ0) is 18.3. The smallest absolute Gasteiger partial charge is 0.179 e. The molecule has 1 saturated heterocycles. The number of fused-ring (bicyclic) bond motifs is 1. The molecule has 10 heteroatoms. The van der Waals surface area contributed by atoms with E-state index in [9.17, 15) is 8.42 Å². The molecule has 0 saturated carbocycles. The van der Waals surface area contributed by atoms with Crippen LogP contribution in [0.15, 0.2) is 35.4 Å². The lowest BCUT2D eigenvalue weighted by molar-refractivity contribution is 0.597. The van der Waals surface area contributed by atoms with Crippen molar-refractivity contribution >= 4 is 27.1 Å². The van der Waals surface area contributed by atoms with Crippen LogP contribution in [-0.2, 0) is 9.84 Å². The molecule has 3 aromatic heterocycles. The van der Waals surface area contributed by atoms with Gasteiger partial charge < -0.3 is 9.80 Å². The van der Waals surface area contributed by atoms with E-state index in [1.807, 2.05) is 24.0 Å². The summed E-state index contributed by atoms with van der Waals surface area (Å²) in [6.07, 6.45) is 2.84. The molecule has 0 atom stereocenters. The number of rotatable bonds is 3. The number of anilines is 2. The lowest BCUT2D eigenvalue weighted by atomic mass is 10.3. The summed E-state index contributed by atoms with van der Waals surface area (Å²) in [5.41, 5.74) is 0.719. The average Bonchev–Trinajstić information content (AvgIpc) is 3.02. The van der Waals surface area contributed by atoms with Crippen molar-refractivity contribution in [3.05, 3.63) is 36.3 Å². The van der Waals surface area contributed by atoms with Gasteiger partial charge >= 0.3 is 0 Å². The summed E-state index contributed by atoms with van der Waals surface area (Å²) in [6, 6.07) is 7.09. The summed E-state index contributed by atoms with van der Waals surface area (Å²) in [7, 11) is -3.32. The Labute approximate surface area is 151 Å². The Morgan fingerprint density at radius 1 is 1.00 bits per heavy atom. The number of aryl methyl sites for hydroxylation is 1. The Hall–Kier alpha value is -2.75. The van der Waals surface area contributed by atoms with Crippen LogP contribution in [-0.4, -0.2) is 65.6 Å². The molecule has 0 unspecified atom stereocenters. The van der Waals surface area contributed by atoms with Gasteiger partial charge in [-0.3, -0.25) is 0 Å². The van der Waals surface area contributed by atoms with E-state index in [2.05, 4.69) is 25.2 Å². The number of hydrogen-bond acceptors (Lipinski definition) is 8. The minimum Gasteiger partial charge on any atom is -0.352 e. The molecule has 4 rings (SSSR count). The van der Waals surface area contributed by atoms with E-state index in [-0.39, 0.29) is 4.90 Å². The van der Waals surface area contributed by atoms with E-state index in [1.54, 1.807) is 22.8 Å². The van der Waals surface area contributed by atoms with E-state index in [0.29, 0.717) is 18.9 Å². The Morgan fingerprint density at radius 3 is 2.46 bits per heavy atom. The Kier molecular flexibility index (Phi) is 3.98. The van der Waals surface area contributed by atoms with E-state index in [1.165, 1.54) is 6.26 Å². The summed E-state index contributed by atoms with van der Waals surface area (Å²) in [4.78, 5) is 8.75. The number of hydrogen-bond donors (Lipinski definition) is 0. The van der Waals surface area contributed by atoms with E-state index in [0.717, 1.165) is 30.4 Å². The molecule has 1 aliphatic rings. The van der Waals surface area contributed by atoms with Crippen LogP contribution >= 0.6 is 0 Å². The molecule has 9 nitrogen and oxygen atoms in total. The number of piperazine rings is 1. The van der Waals surface area contributed by atoms with Crippen molar-refractivity contribution in [3.63, 3.8) is 0 Å². The molecule has 3 aromatic rings. The van der Waals surface area contributed by atoms with E-state index < -0.39 is 9.84 Å². The minimum atomic E-state index is -3.32. The maximum atomic E-state index is 12.0. The topological polar surface area (TPSA) is 96.6 Å². The Morgan fingerprint density at radius 2 is 1.73 bits per heavy atom. The van der Waals surface area contributed by atoms with Crippen molar-refractivity contribution in [1.82, 2.24) is 24.8 Å². The van der Waals surface area contributed by atoms with Gasteiger partial charge in [0.05, 0.1) is 0 Å². The van der Waals surface area contributed by atoms with E-state index in [4.69, 9.17) is 0 Å². The zero-order valence-corrected chi connectivity index (χ0v) is 15.4. The molecule has 0 aromatic carbocycles. The second kappa shape index (κ2) is 6.20. The number of pyridine rings is 1. The molecule has 4 heterocycles. The zero-order valence-electron chi connectivity index (χ0n) is 14.6. The van der Waals surface area contributed by atoms with Gasteiger partial charge in [0.1, 0.15) is 16.5 Å². The molecule has 0 N–H and O–H groups in total. The summed E-state index contributed by atoms with van der Waals surface area (Å²) in [5.74, 6) is 2.11. The highest BCUT2D eigenvalue weighted by atomic mass is 32.2. The molecule has 0 spiro atoms. The second-order valence-electron chi connectivity index (χ2n) is 6.28. The van der Waals surface area contributed by atoms with Crippen molar-refractivity contribution in [3.8, 4) is 0 Å². The third-order valence-electron chi connectivity index (χ3n) is 4.46. The third kappa shape index (κ3) is 2.96. The third-order valence-corrected chi connectivity index (χ3v) is 5.58. The predicted molar refractivity (Wildman–Crippen MR) is 97.3 cm³/mol. The van der Waals surface area contributed by atoms with Gasteiger partial charge in [-0.2, -0.15) is 4.52 Å². The molecule has 0 bridgehead atoms. The summed E-state index contributed by atoms with van der Waals surface area (Å²) >= 11 is 0. The van der Waals surface area contributed by atoms with Gasteiger partial charge in [-0.05, 0) is 31.2 Å². The predicted octanol–water partition coefficient (Wildman–Crippen LogP) is 0.558. The first-order valence-corrected chi connectivity index (χ1v) is 10.2. The minimum absolute atomic E-state index is 0.271. The molecule has 26 heavy (non-hydrogen) atoms. The Bertz CT molecular complexity index is 1060. The second-order valence-corrected chi connectivity index (χ2v) is 8.26. The van der Waals surface area contributed by atoms with Gasteiger partial charge in [-0.1, -0.05) is 0 Å². The molecular weight excluding hydrogens is 354 g/mol. The molecule has 0 radical (unpaired) electrons. The Balaban J connectivity index is 1.55. The normalized spacial score (nSPS) is 15.6. The fraction of sp³-hybridized carbons (Fsp3) is 0.375. The van der Waals surface area contributed by atoms with Gasteiger partial charge in [-0.25, -0.2) is 13.4 Å². The van der Waals surface area contributed by atoms with Crippen molar-refractivity contribution in [1.29, 1.82) is 0 Å². The molecule has 0 amide bonds. The van der Waals surface area contributed by atoms with Crippen molar-refractivity contribution < 1.29 is 8.42 Å². The standard InChI is InChI=1S/C16H19N7O2S/c1-12-18-19-14-5-6-15(20-23(12)14)21-8-10-22(11-9-21)16-13(26(2,24)25)4-3-7-17-16/h3-7H,8-11H2,1-2H3. The number of aromatic nitrogens is 5. The molecular formula is C16H19N7O2S. The lowest BCUT2D eigenvalue weighted by Gasteiger charge is -2.36. The molecule has 136 valence electrons. The van der Waals surface area contributed by atoms with Crippen LogP contribution in [0.25, 0.3) is 5.65 Å². The van der Waals surface area contributed by atoms with Crippen molar-refractivity contribution in [2.45, 2.75) is 11.8 Å². The summed E-state index contributed by atoms with van der Waals surface area (Å²) in [6.45, 7) is 4.64. The first kappa shape index (κ1) is 16.7. The highest BCUT2D eigenvalue weighted by Gasteiger charge is 2.24. The van der Waals surface area contributed by atoms with Crippen LogP contribution in [0.5, 0.6) is 0 Å². The van der Waals surface area contributed by atoms with Gasteiger partial charge in [-0.15, -0.1) is 15.3 Å². The van der Waals surface area contributed by atoms with Crippen LogP contribution in [0.3, 0.4) is 0 Å². The van der Waals surface area contributed by atoms with Crippen LogP contribution in [0, 0.1) is 6.92 Å². The highest BCUT2D eigenvalue weighted by molar-refractivity contribution is 7.90. The quantitative estimate of drug-likeness (QED) is 0.657. The van der Waals surface area contributed by atoms with Crippen molar-refractivity contribution in [2.75, 3.05) is 42.2 Å². The summed E-state index contributed by atoms with van der Waals surface area (Å²) < 4.78 is 25.7. The molecule has 1 fully saturated rings. The SMILES string of the molecule is Cc1nnc2ccc(N3CCN(c4ncccc4S(C)(=O)=O)CC3)nn12. The van der Waals surface area contributed by atoms with Crippen LogP contribution < -0.4 is 9.80 Å². The first-order valence-electron chi connectivity index (χ1n) is 8.27. The summed E-state index contributed by atoms with van der Waals surface area (Å²) in [5, 5.41) is 12.7. The van der Waals surface area contributed by atoms with Crippen LogP contribution in [0.2, 0.25) is 0 Å². The fourth-order valence-electron chi connectivity index (χ4n) is 3.11. The van der Waals surface area contributed by atoms with Gasteiger partial charge in [0.25, 0.3) is 0 Å². The molecule has 1 aliphatic heterocycles. The van der Waals surface area contributed by atoms with Crippen LogP contribution in [0.4, 0.5) is 11.6 Å².